The number of benzene rings is 2. The molecule has 1 heterocycles. The number of rotatable bonds is 4. The van der Waals surface area contributed by atoms with Crippen molar-refractivity contribution in [3.8, 4) is 5.75 Å². The van der Waals surface area contributed by atoms with Gasteiger partial charge in [-0.15, -0.1) is 0 Å². The van der Waals surface area contributed by atoms with Gasteiger partial charge in [-0.25, -0.2) is 4.79 Å². The van der Waals surface area contributed by atoms with Gasteiger partial charge in [-0.2, -0.15) is 0 Å². The molecular formula is C18H18N2O2. The monoisotopic (exact) mass is 294 g/mol. The Labute approximate surface area is 128 Å². The van der Waals surface area contributed by atoms with E-state index in [9.17, 15) is 4.79 Å². The van der Waals surface area contributed by atoms with Gasteiger partial charge >= 0.3 is 5.69 Å². The van der Waals surface area contributed by atoms with E-state index >= 15 is 0 Å². The van der Waals surface area contributed by atoms with Gasteiger partial charge in [0.15, 0.2) is 0 Å². The number of fused-ring (bicyclic) bond motifs is 1. The highest BCUT2D eigenvalue weighted by atomic mass is 16.5. The Hall–Kier alpha value is -2.49. The molecule has 0 unspecified atom stereocenters. The Morgan fingerprint density at radius 1 is 1.14 bits per heavy atom. The normalized spacial score (nSPS) is 14.9. The van der Waals surface area contributed by atoms with Crippen molar-refractivity contribution in [2.24, 2.45) is 0 Å². The smallest absolute Gasteiger partial charge is 0.326 e. The molecule has 4 nitrogen and oxygen atoms in total. The topological polar surface area (TPSA) is 47.0 Å². The van der Waals surface area contributed by atoms with Crippen molar-refractivity contribution in [1.82, 2.24) is 9.55 Å². The van der Waals surface area contributed by atoms with Crippen LogP contribution in [-0.4, -0.2) is 9.55 Å². The maximum absolute atomic E-state index is 12.1. The lowest BCUT2D eigenvalue weighted by Gasteiger charge is -2.26. The maximum Gasteiger partial charge on any atom is 0.326 e. The van der Waals surface area contributed by atoms with Crippen LogP contribution in [0, 0.1) is 0 Å². The molecule has 1 aliphatic carbocycles. The van der Waals surface area contributed by atoms with Crippen molar-refractivity contribution < 1.29 is 4.74 Å². The number of nitrogens with one attached hydrogen (secondary N) is 1. The Kier molecular flexibility index (Phi) is 3.22. The fourth-order valence-electron chi connectivity index (χ4n) is 2.94. The highest BCUT2D eigenvalue weighted by Crippen LogP contribution is 2.33. The van der Waals surface area contributed by atoms with Crippen LogP contribution in [0.15, 0.2) is 53.3 Å². The third kappa shape index (κ3) is 2.30. The third-order valence-electron chi connectivity index (χ3n) is 4.38. The first-order chi connectivity index (χ1) is 10.8. The number of nitrogens with zero attached hydrogens (tertiary/aromatic N) is 1. The highest BCUT2D eigenvalue weighted by Gasteiger charge is 2.23. The van der Waals surface area contributed by atoms with E-state index in [1.807, 2.05) is 53.1 Å². The predicted molar refractivity (Wildman–Crippen MR) is 86.2 cm³/mol. The van der Waals surface area contributed by atoms with E-state index in [0.29, 0.717) is 12.6 Å². The molecular weight excluding hydrogens is 276 g/mol. The number of hydrogen-bond acceptors (Lipinski definition) is 2. The number of hydrogen-bond donors (Lipinski definition) is 1. The molecule has 4 heteroatoms. The second-order valence-electron chi connectivity index (χ2n) is 5.84. The Morgan fingerprint density at radius 3 is 2.68 bits per heavy atom. The Bertz CT molecular complexity index is 844. The number of H-pyrrole nitrogens is 1. The molecule has 0 spiro atoms. The molecule has 0 bridgehead atoms. The van der Waals surface area contributed by atoms with E-state index in [1.165, 1.54) is 6.42 Å². The molecule has 0 radical (unpaired) electrons. The van der Waals surface area contributed by atoms with Gasteiger partial charge in [-0.1, -0.05) is 30.3 Å². The van der Waals surface area contributed by atoms with Crippen molar-refractivity contribution in [3.05, 3.63) is 64.6 Å². The SMILES string of the molecule is O=c1[nH]c2ccc(OCc3ccccc3)cc2n1C1CCC1. The molecule has 1 saturated carbocycles. The van der Waals surface area contributed by atoms with Gasteiger partial charge < -0.3 is 9.72 Å². The van der Waals surface area contributed by atoms with Crippen LogP contribution in [0.5, 0.6) is 5.75 Å². The fraction of sp³-hybridized carbons (Fsp3) is 0.278. The summed E-state index contributed by atoms with van der Waals surface area (Å²) in [6.45, 7) is 0.532. The minimum absolute atomic E-state index is 0.0140. The van der Waals surface area contributed by atoms with Crippen molar-refractivity contribution in [3.63, 3.8) is 0 Å². The van der Waals surface area contributed by atoms with Gasteiger partial charge in [0.25, 0.3) is 0 Å². The quantitative estimate of drug-likeness (QED) is 0.798. The van der Waals surface area contributed by atoms with E-state index in [0.717, 1.165) is 35.2 Å². The summed E-state index contributed by atoms with van der Waals surface area (Å²) < 4.78 is 7.75. The van der Waals surface area contributed by atoms with Gasteiger partial charge in [-0.3, -0.25) is 4.57 Å². The lowest BCUT2D eigenvalue weighted by atomic mass is 9.93. The summed E-state index contributed by atoms with van der Waals surface area (Å²) in [4.78, 5) is 15.1. The van der Waals surface area contributed by atoms with E-state index in [4.69, 9.17) is 4.74 Å². The minimum Gasteiger partial charge on any atom is -0.489 e. The lowest BCUT2D eigenvalue weighted by molar-refractivity contribution is 0.304. The van der Waals surface area contributed by atoms with Gasteiger partial charge in [0, 0.05) is 12.1 Å². The molecule has 0 amide bonds. The average molecular weight is 294 g/mol. The zero-order valence-electron chi connectivity index (χ0n) is 12.3. The summed E-state index contributed by atoms with van der Waals surface area (Å²) in [6, 6.07) is 16.2. The first-order valence-corrected chi connectivity index (χ1v) is 7.72. The Balaban J connectivity index is 1.63. The van der Waals surface area contributed by atoms with Crippen LogP contribution in [-0.2, 0) is 6.61 Å². The van der Waals surface area contributed by atoms with E-state index in [2.05, 4.69) is 4.98 Å². The second-order valence-corrected chi connectivity index (χ2v) is 5.84. The molecule has 22 heavy (non-hydrogen) atoms. The number of ether oxygens (including phenoxy) is 1. The largest absolute Gasteiger partial charge is 0.489 e. The summed E-state index contributed by atoms with van der Waals surface area (Å²) >= 11 is 0. The lowest BCUT2D eigenvalue weighted by Crippen LogP contribution is -2.26. The van der Waals surface area contributed by atoms with Crippen LogP contribution in [0.2, 0.25) is 0 Å². The van der Waals surface area contributed by atoms with E-state index in [-0.39, 0.29) is 5.69 Å². The molecule has 1 fully saturated rings. The molecule has 1 aromatic heterocycles. The van der Waals surface area contributed by atoms with Gasteiger partial charge in [0.2, 0.25) is 0 Å². The number of imidazole rings is 1. The first-order valence-electron chi connectivity index (χ1n) is 7.72. The van der Waals surface area contributed by atoms with Crippen molar-refractivity contribution in [2.45, 2.75) is 31.9 Å². The molecule has 1 aliphatic rings. The van der Waals surface area contributed by atoms with Crippen LogP contribution in [0.4, 0.5) is 0 Å². The number of aromatic amines is 1. The molecule has 1 N–H and O–H groups in total. The van der Waals surface area contributed by atoms with Crippen LogP contribution in [0.1, 0.15) is 30.9 Å². The molecule has 4 rings (SSSR count). The predicted octanol–water partition coefficient (Wildman–Crippen LogP) is 3.63. The third-order valence-corrected chi connectivity index (χ3v) is 4.38. The molecule has 0 saturated heterocycles. The molecule has 2 aromatic carbocycles. The summed E-state index contributed by atoms with van der Waals surface area (Å²) in [5.41, 5.74) is 2.94. The van der Waals surface area contributed by atoms with Gasteiger partial charge in [0.05, 0.1) is 11.0 Å². The summed E-state index contributed by atoms with van der Waals surface area (Å²) in [5.74, 6) is 0.795. The molecule has 0 aliphatic heterocycles. The average Bonchev–Trinajstić information content (AvgIpc) is 2.81. The highest BCUT2D eigenvalue weighted by molar-refractivity contribution is 5.77. The van der Waals surface area contributed by atoms with Crippen LogP contribution < -0.4 is 10.4 Å². The van der Waals surface area contributed by atoms with Crippen LogP contribution in [0.25, 0.3) is 11.0 Å². The summed E-state index contributed by atoms with van der Waals surface area (Å²) in [7, 11) is 0. The van der Waals surface area contributed by atoms with Crippen molar-refractivity contribution in [2.75, 3.05) is 0 Å². The first kappa shape index (κ1) is 13.2. The maximum atomic E-state index is 12.1. The molecule has 112 valence electrons. The van der Waals surface area contributed by atoms with Crippen LogP contribution >= 0.6 is 0 Å². The number of aromatic nitrogens is 2. The van der Waals surface area contributed by atoms with Crippen molar-refractivity contribution >= 4 is 11.0 Å². The second kappa shape index (κ2) is 5.37. The zero-order chi connectivity index (χ0) is 14.9. The zero-order valence-corrected chi connectivity index (χ0v) is 12.3. The molecule has 0 atom stereocenters. The standard InChI is InChI=1S/C18H18N2O2/c21-18-19-16-10-9-15(22-12-13-5-2-1-3-6-13)11-17(16)20(18)14-7-4-8-14/h1-3,5-6,9-11,14H,4,7-8,12H2,(H,19,21). The van der Waals surface area contributed by atoms with Gasteiger partial charge in [0.1, 0.15) is 12.4 Å². The molecule has 3 aromatic rings. The van der Waals surface area contributed by atoms with E-state index < -0.39 is 0 Å². The minimum atomic E-state index is -0.0140. The summed E-state index contributed by atoms with van der Waals surface area (Å²) in [5, 5.41) is 0. The summed E-state index contributed by atoms with van der Waals surface area (Å²) in [6.07, 6.45) is 3.37. The fourth-order valence-corrected chi connectivity index (χ4v) is 2.94. The van der Waals surface area contributed by atoms with Gasteiger partial charge in [-0.05, 0) is 37.0 Å². The Morgan fingerprint density at radius 2 is 1.95 bits per heavy atom. The van der Waals surface area contributed by atoms with Crippen molar-refractivity contribution in [1.29, 1.82) is 0 Å². The van der Waals surface area contributed by atoms with E-state index in [1.54, 1.807) is 0 Å². The van der Waals surface area contributed by atoms with Crippen LogP contribution in [0.3, 0.4) is 0 Å².